The van der Waals surface area contributed by atoms with Crippen LogP contribution in [0.25, 0.3) is 6.08 Å². The first-order chi connectivity index (χ1) is 8.97. The maximum absolute atomic E-state index is 11.6. The molecule has 0 N–H and O–H groups in total. The molecule has 0 unspecified atom stereocenters. The van der Waals surface area contributed by atoms with Gasteiger partial charge >= 0.3 is 5.97 Å². The van der Waals surface area contributed by atoms with Crippen LogP contribution >= 0.6 is 0 Å². The third-order valence-electron chi connectivity index (χ3n) is 2.31. The zero-order chi connectivity index (χ0) is 14.4. The van der Waals surface area contributed by atoms with Crippen LogP contribution in [0.2, 0.25) is 0 Å². The third kappa shape index (κ3) is 3.74. The predicted molar refractivity (Wildman–Crippen MR) is 68.4 cm³/mol. The quantitative estimate of drug-likeness (QED) is 0.203. The summed E-state index contributed by atoms with van der Waals surface area (Å²) in [5.41, 5.74) is -0.201. The van der Waals surface area contributed by atoms with Crippen molar-refractivity contribution in [2.75, 3.05) is 6.61 Å². The van der Waals surface area contributed by atoms with E-state index in [1.165, 1.54) is 31.2 Å². The third-order valence-corrected chi connectivity index (χ3v) is 2.31. The van der Waals surface area contributed by atoms with Gasteiger partial charge in [0, 0.05) is 6.07 Å². The van der Waals surface area contributed by atoms with Gasteiger partial charge in [-0.2, -0.15) is 0 Å². The molecule has 0 aliphatic carbocycles. The van der Waals surface area contributed by atoms with Crippen molar-refractivity contribution in [3.63, 3.8) is 0 Å². The molecular weight excluding hydrogens is 250 g/mol. The highest BCUT2D eigenvalue weighted by Crippen LogP contribution is 2.21. The molecule has 0 saturated carbocycles. The van der Waals surface area contributed by atoms with Crippen molar-refractivity contribution >= 4 is 23.5 Å². The van der Waals surface area contributed by atoms with E-state index in [0.717, 1.165) is 0 Å². The molecule has 0 radical (unpaired) electrons. The Morgan fingerprint density at radius 3 is 2.53 bits per heavy atom. The zero-order valence-corrected chi connectivity index (χ0v) is 10.6. The van der Waals surface area contributed by atoms with Gasteiger partial charge in [-0.3, -0.25) is 14.9 Å². The lowest BCUT2D eigenvalue weighted by Crippen LogP contribution is -2.13. The largest absolute Gasteiger partial charge is 0.462 e. The SMILES string of the molecule is CCOC(=O)C(=Cc1ccccc1[N+](=O)[O-])C(C)=O. The van der Waals surface area contributed by atoms with E-state index in [0.29, 0.717) is 0 Å². The molecule has 6 nitrogen and oxygen atoms in total. The Balaban J connectivity index is 3.27. The smallest absolute Gasteiger partial charge is 0.341 e. The zero-order valence-electron chi connectivity index (χ0n) is 10.6. The number of carbonyl (C=O) groups is 2. The lowest BCUT2D eigenvalue weighted by atomic mass is 10.1. The summed E-state index contributed by atoms with van der Waals surface area (Å²) in [7, 11) is 0. The summed E-state index contributed by atoms with van der Waals surface area (Å²) in [6, 6.07) is 5.85. The second-order valence-electron chi connectivity index (χ2n) is 3.65. The molecule has 0 aromatic heterocycles. The topological polar surface area (TPSA) is 86.5 Å². The van der Waals surface area contributed by atoms with Crippen LogP contribution in [0.15, 0.2) is 29.8 Å². The first-order valence-corrected chi connectivity index (χ1v) is 5.60. The number of hydrogen-bond donors (Lipinski definition) is 0. The van der Waals surface area contributed by atoms with Gasteiger partial charge in [0.2, 0.25) is 0 Å². The fourth-order valence-electron chi connectivity index (χ4n) is 1.44. The molecule has 0 saturated heterocycles. The maximum atomic E-state index is 11.6. The highest BCUT2D eigenvalue weighted by molar-refractivity contribution is 6.20. The van der Waals surface area contributed by atoms with Gasteiger partial charge in [-0.1, -0.05) is 12.1 Å². The summed E-state index contributed by atoms with van der Waals surface area (Å²) in [5.74, 6) is -1.29. The number of esters is 1. The van der Waals surface area contributed by atoms with E-state index in [-0.39, 0.29) is 23.4 Å². The average Bonchev–Trinajstić information content (AvgIpc) is 2.36. The van der Waals surface area contributed by atoms with Crippen LogP contribution in [-0.4, -0.2) is 23.3 Å². The van der Waals surface area contributed by atoms with Crippen LogP contribution in [0.3, 0.4) is 0 Å². The monoisotopic (exact) mass is 263 g/mol. The molecule has 1 aromatic rings. The number of nitro benzene ring substituents is 1. The Hall–Kier alpha value is -2.50. The lowest BCUT2D eigenvalue weighted by molar-refractivity contribution is -0.385. The predicted octanol–water partition coefficient (Wildman–Crippen LogP) is 2.13. The van der Waals surface area contributed by atoms with Gasteiger partial charge in [0.1, 0.15) is 5.57 Å². The number of para-hydroxylation sites is 1. The molecule has 0 aliphatic rings. The van der Waals surface area contributed by atoms with E-state index in [2.05, 4.69) is 0 Å². The maximum Gasteiger partial charge on any atom is 0.341 e. The minimum absolute atomic E-state index is 0.125. The van der Waals surface area contributed by atoms with Gasteiger partial charge in [0.05, 0.1) is 17.1 Å². The highest BCUT2D eigenvalue weighted by atomic mass is 16.6. The van der Waals surface area contributed by atoms with Crippen molar-refractivity contribution in [1.29, 1.82) is 0 Å². The van der Waals surface area contributed by atoms with Gasteiger partial charge in [-0.05, 0) is 26.0 Å². The standard InChI is InChI=1S/C13H13NO5/c1-3-19-13(16)11(9(2)15)8-10-6-4-5-7-12(10)14(17)18/h4-8H,3H2,1-2H3. The minimum atomic E-state index is -0.784. The first kappa shape index (κ1) is 14.6. The number of carbonyl (C=O) groups excluding carboxylic acids is 2. The molecule has 1 aromatic carbocycles. The van der Waals surface area contributed by atoms with E-state index in [1.807, 2.05) is 0 Å². The van der Waals surface area contributed by atoms with Crippen molar-refractivity contribution < 1.29 is 19.2 Å². The molecule has 6 heteroatoms. The summed E-state index contributed by atoms with van der Waals surface area (Å²) in [4.78, 5) is 33.3. The molecule has 0 atom stereocenters. The number of hydrogen-bond acceptors (Lipinski definition) is 5. The minimum Gasteiger partial charge on any atom is -0.462 e. The molecule has 19 heavy (non-hydrogen) atoms. The summed E-state index contributed by atoms with van der Waals surface area (Å²) >= 11 is 0. The van der Waals surface area contributed by atoms with E-state index < -0.39 is 16.7 Å². The highest BCUT2D eigenvalue weighted by Gasteiger charge is 2.18. The Kier molecular flexibility index (Phi) is 4.93. The Morgan fingerprint density at radius 1 is 1.37 bits per heavy atom. The van der Waals surface area contributed by atoms with Gasteiger partial charge in [0.15, 0.2) is 5.78 Å². The van der Waals surface area contributed by atoms with Crippen molar-refractivity contribution in [2.24, 2.45) is 0 Å². The number of rotatable bonds is 5. The molecule has 1 rings (SSSR count). The van der Waals surface area contributed by atoms with Crippen molar-refractivity contribution in [1.82, 2.24) is 0 Å². The van der Waals surface area contributed by atoms with Crippen LogP contribution < -0.4 is 0 Å². The van der Waals surface area contributed by atoms with E-state index in [1.54, 1.807) is 13.0 Å². The number of Topliss-reactive ketones (excluding diaryl/α,β-unsaturated/α-hetero) is 1. The number of benzene rings is 1. The molecular formula is C13H13NO5. The molecule has 0 spiro atoms. The number of nitro groups is 1. The summed E-state index contributed by atoms with van der Waals surface area (Å²) in [6.45, 7) is 2.94. The lowest BCUT2D eigenvalue weighted by Gasteiger charge is -2.04. The van der Waals surface area contributed by atoms with Crippen molar-refractivity contribution in [3.8, 4) is 0 Å². The van der Waals surface area contributed by atoms with Crippen LogP contribution in [0.5, 0.6) is 0 Å². The van der Waals surface area contributed by atoms with Crippen molar-refractivity contribution in [2.45, 2.75) is 13.8 Å². The number of ketones is 1. The Morgan fingerprint density at radius 2 is 2.00 bits per heavy atom. The Bertz CT molecular complexity index is 548. The number of ether oxygens (including phenoxy) is 1. The molecule has 100 valence electrons. The second kappa shape index (κ2) is 6.44. The fraction of sp³-hybridized carbons (Fsp3) is 0.231. The van der Waals surface area contributed by atoms with Gasteiger partial charge in [-0.15, -0.1) is 0 Å². The molecule has 0 bridgehead atoms. The summed E-state index contributed by atoms with van der Waals surface area (Å²) < 4.78 is 4.74. The number of nitrogens with zero attached hydrogens (tertiary/aromatic N) is 1. The molecule has 0 amide bonds. The van der Waals surface area contributed by atoms with Crippen molar-refractivity contribution in [3.05, 3.63) is 45.5 Å². The van der Waals surface area contributed by atoms with E-state index in [4.69, 9.17) is 4.74 Å². The normalized spacial score (nSPS) is 10.9. The molecule has 0 heterocycles. The van der Waals surface area contributed by atoms with Crippen LogP contribution in [0, 0.1) is 10.1 Å². The second-order valence-corrected chi connectivity index (χ2v) is 3.65. The Labute approximate surface area is 109 Å². The van der Waals surface area contributed by atoms with Crippen LogP contribution in [0.4, 0.5) is 5.69 Å². The first-order valence-electron chi connectivity index (χ1n) is 5.60. The van der Waals surface area contributed by atoms with Gasteiger partial charge < -0.3 is 4.74 Å². The van der Waals surface area contributed by atoms with E-state index >= 15 is 0 Å². The average molecular weight is 263 g/mol. The van der Waals surface area contributed by atoms with Gasteiger partial charge in [0.25, 0.3) is 5.69 Å². The molecule has 0 fully saturated rings. The van der Waals surface area contributed by atoms with Crippen LogP contribution in [0.1, 0.15) is 19.4 Å². The van der Waals surface area contributed by atoms with Gasteiger partial charge in [-0.25, -0.2) is 4.79 Å². The van der Waals surface area contributed by atoms with E-state index in [9.17, 15) is 19.7 Å². The summed E-state index contributed by atoms with van der Waals surface area (Å²) in [6.07, 6.45) is 1.18. The summed E-state index contributed by atoms with van der Waals surface area (Å²) in [5, 5.41) is 10.8. The fourth-order valence-corrected chi connectivity index (χ4v) is 1.44. The van der Waals surface area contributed by atoms with Crippen LogP contribution in [-0.2, 0) is 14.3 Å². The molecule has 0 aliphatic heterocycles.